The lowest BCUT2D eigenvalue weighted by molar-refractivity contribution is -0.120. The smallest absolute Gasteiger partial charge is 0.250 e. The molecule has 0 atom stereocenters. The average molecular weight is 291 g/mol. The first-order valence-corrected chi connectivity index (χ1v) is 7.13. The second-order valence-corrected chi connectivity index (χ2v) is 5.17. The quantitative estimate of drug-likeness (QED) is 0.888. The highest BCUT2D eigenvalue weighted by atomic mass is 32.2. The predicted octanol–water partition coefficient (Wildman–Crippen LogP) is 2.55. The summed E-state index contributed by atoms with van der Waals surface area (Å²) in [5, 5.41) is 3.71. The van der Waals surface area contributed by atoms with Crippen LogP contribution in [0.15, 0.2) is 46.7 Å². The number of rotatable bonds is 6. The summed E-state index contributed by atoms with van der Waals surface area (Å²) in [6.45, 7) is 2.48. The monoisotopic (exact) mass is 291 g/mol. The van der Waals surface area contributed by atoms with E-state index in [2.05, 4.69) is 10.3 Å². The molecule has 106 valence electrons. The molecule has 1 heterocycles. The zero-order chi connectivity index (χ0) is 14.4. The Morgan fingerprint density at radius 1 is 1.40 bits per heavy atom. The SMILES string of the molecule is CCOCC(=O)Nc1ccc(Sc2nccn2C)cc1. The number of ether oxygens (including phenoxy) is 1. The van der Waals surface area contributed by atoms with Crippen LogP contribution in [0, 0.1) is 0 Å². The molecule has 1 N–H and O–H groups in total. The van der Waals surface area contributed by atoms with Crippen molar-refractivity contribution in [2.24, 2.45) is 7.05 Å². The number of imidazole rings is 1. The number of anilines is 1. The molecule has 0 saturated carbocycles. The minimum absolute atomic E-state index is 0.0836. The highest BCUT2D eigenvalue weighted by molar-refractivity contribution is 7.99. The maximum absolute atomic E-state index is 11.5. The van der Waals surface area contributed by atoms with E-state index in [-0.39, 0.29) is 12.5 Å². The number of nitrogens with zero attached hydrogens (tertiary/aromatic N) is 2. The molecule has 0 saturated heterocycles. The topological polar surface area (TPSA) is 56.1 Å². The van der Waals surface area contributed by atoms with Gasteiger partial charge in [-0.15, -0.1) is 0 Å². The van der Waals surface area contributed by atoms with Gasteiger partial charge in [0, 0.05) is 36.6 Å². The van der Waals surface area contributed by atoms with Crippen LogP contribution < -0.4 is 5.32 Å². The number of carbonyl (C=O) groups is 1. The Kier molecular flexibility index (Phi) is 5.20. The molecule has 0 aliphatic heterocycles. The molecule has 0 aliphatic carbocycles. The minimum Gasteiger partial charge on any atom is -0.372 e. The lowest BCUT2D eigenvalue weighted by atomic mass is 10.3. The zero-order valence-corrected chi connectivity index (χ0v) is 12.3. The molecule has 0 spiro atoms. The Morgan fingerprint density at radius 3 is 2.75 bits per heavy atom. The van der Waals surface area contributed by atoms with E-state index in [1.54, 1.807) is 18.0 Å². The normalized spacial score (nSPS) is 10.5. The molecule has 6 heteroatoms. The highest BCUT2D eigenvalue weighted by Crippen LogP contribution is 2.26. The van der Waals surface area contributed by atoms with Crippen LogP contribution in [0.2, 0.25) is 0 Å². The van der Waals surface area contributed by atoms with Crippen molar-refractivity contribution >= 4 is 23.4 Å². The van der Waals surface area contributed by atoms with Crippen LogP contribution in [-0.2, 0) is 16.6 Å². The van der Waals surface area contributed by atoms with Crippen LogP contribution in [0.1, 0.15) is 6.92 Å². The van der Waals surface area contributed by atoms with Crippen LogP contribution in [0.25, 0.3) is 0 Å². The number of benzene rings is 1. The number of aromatic nitrogens is 2. The molecule has 5 nitrogen and oxygen atoms in total. The molecule has 1 aromatic heterocycles. The third-order valence-electron chi connectivity index (χ3n) is 2.56. The molecular formula is C14H17N3O2S. The fraction of sp³-hybridized carbons (Fsp3) is 0.286. The van der Waals surface area contributed by atoms with Gasteiger partial charge in [-0.05, 0) is 31.2 Å². The van der Waals surface area contributed by atoms with E-state index in [1.807, 2.05) is 49.0 Å². The van der Waals surface area contributed by atoms with Gasteiger partial charge in [0.05, 0.1) is 0 Å². The van der Waals surface area contributed by atoms with Gasteiger partial charge in [0.1, 0.15) is 6.61 Å². The van der Waals surface area contributed by atoms with Crippen LogP contribution in [0.4, 0.5) is 5.69 Å². The summed E-state index contributed by atoms with van der Waals surface area (Å²) < 4.78 is 7.01. The van der Waals surface area contributed by atoms with Crippen molar-refractivity contribution in [1.29, 1.82) is 0 Å². The first-order chi connectivity index (χ1) is 9.69. The van der Waals surface area contributed by atoms with E-state index < -0.39 is 0 Å². The molecule has 1 aromatic carbocycles. The molecule has 0 fully saturated rings. The van der Waals surface area contributed by atoms with E-state index in [0.29, 0.717) is 6.61 Å². The number of carbonyl (C=O) groups excluding carboxylic acids is 1. The lowest BCUT2D eigenvalue weighted by Crippen LogP contribution is -2.18. The number of aryl methyl sites for hydroxylation is 1. The minimum atomic E-state index is -0.142. The third-order valence-corrected chi connectivity index (χ3v) is 3.65. The fourth-order valence-electron chi connectivity index (χ4n) is 1.55. The maximum Gasteiger partial charge on any atom is 0.250 e. The summed E-state index contributed by atoms with van der Waals surface area (Å²) in [5.41, 5.74) is 0.763. The second-order valence-electron chi connectivity index (χ2n) is 4.13. The van der Waals surface area contributed by atoms with Crippen LogP contribution >= 0.6 is 11.8 Å². The van der Waals surface area contributed by atoms with Gasteiger partial charge in [-0.25, -0.2) is 4.98 Å². The molecule has 0 aliphatic rings. The number of hydrogen-bond donors (Lipinski definition) is 1. The van der Waals surface area contributed by atoms with Crippen LogP contribution in [0.3, 0.4) is 0 Å². The Balaban J connectivity index is 1.93. The molecular weight excluding hydrogens is 274 g/mol. The maximum atomic E-state index is 11.5. The first-order valence-electron chi connectivity index (χ1n) is 6.32. The van der Waals surface area contributed by atoms with Gasteiger partial charge in [0.2, 0.25) is 5.91 Å². The number of nitrogens with one attached hydrogen (secondary N) is 1. The van der Waals surface area contributed by atoms with E-state index >= 15 is 0 Å². The van der Waals surface area contributed by atoms with Gasteiger partial charge in [0.25, 0.3) is 0 Å². The fourth-order valence-corrected chi connectivity index (χ4v) is 2.36. The molecule has 0 unspecified atom stereocenters. The molecule has 2 aromatic rings. The van der Waals surface area contributed by atoms with Crippen molar-refractivity contribution in [3.8, 4) is 0 Å². The zero-order valence-electron chi connectivity index (χ0n) is 11.5. The molecule has 20 heavy (non-hydrogen) atoms. The summed E-state index contributed by atoms with van der Waals surface area (Å²) in [4.78, 5) is 16.8. The Bertz CT molecular complexity index is 566. The predicted molar refractivity (Wildman–Crippen MR) is 78.9 cm³/mol. The summed E-state index contributed by atoms with van der Waals surface area (Å²) in [6, 6.07) is 7.65. The van der Waals surface area contributed by atoms with E-state index in [0.717, 1.165) is 15.7 Å². The van der Waals surface area contributed by atoms with Crippen molar-refractivity contribution in [3.63, 3.8) is 0 Å². The molecule has 1 amide bonds. The molecule has 0 bridgehead atoms. The lowest BCUT2D eigenvalue weighted by Gasteiger charge is -2.06. The van der Waals surface area contributed by atoms with Gasteiger partial charge in [-0.2, -0.15) is 0 Å². The Hall–Kier alpha value is -1.79. The van der Waals surface area contributed by atoms with Crippen molar-refractivity contribution in [2.75, 3.05) is 18.5 Å². The average Bonchev–Trinajstić information content (AvgIpc) is 2.84. The van der Waals surface area contributed by atoms with E-state index in [4.69, 9.17) is 4.74 Å². The van der Waals surface area contributed by atoms with Crippen molar-refractivity contribution in [2.45, 2.75) is 17.0 Å². The Labute approximate surface area is 122 Å². The number of amides is 1. The Morgan fingerprint density at radius 2 is 2.15 bits per heavy atom. The van der Waals surface area contributed by atoms with Crippen LogP contribution in [-0.4, -0.2) is 28.7 Å². The standard InChI is InChI=1S/C14H17N3O2S/c1-3-19-10-13(18)16-11-4-6-12(7-5-11)20-14-15-8-9-17(14)2/h4-9H,3,10H2,1-2H3,(H,16,18). The highest BCUT2D eigenvalue weighted by Gasteiger charge is 2.04. The van der Waals surface area contributed by atoms with Gasteiger partial charge in [0.15, 0.2) is 5.16 Å². The summed E-state index contributed by atoms with van der Waals surface area (Å²) in [7, 11) is 1.96. The van der Waals surface area contributed by atoms with Gasteiger partial charge < -0.3 is 14.6 Å². The van der Waals surface area contributed by atoms with Gasteiger partial charge >= 0.3 is 0 Å². The molecule has 2 rings (SSSR count). The van der Waals surface area contributed by atoms with E-state index in [9.17, 15) is 4.79 Å². The summed E-state index contributed by atoms with van der Waals surface area (Å²) in [5.74, 6) is -0.142. The van der Waals surface area contributed by atoms with Crippen molar-refractivity contribution in [1.82, 2.24) is 9.55 Å². The van der Waals surface area contributed by atoms with Crippen LogP contribution in [0.5, 0.6) is 0 Å². The largest absolute Gasteiger partial charge is 0.372 e. The second kappa shape index (κ2) is 7.12. The third kappa shape index (κ3) is 4.11. The number of hydrogen-bond acceptors (Lipinski definition) is 4. The molecule has 0 radical (unpaired) electrons. The van der Waals surface area contributed by atoms with Crippen molar-refractivity contribution in [3.05, 3.63) is 36.7 Å². The van der Waals surface area contributed by atoms with Crippen molar-refractivity contribution < 1.29 is 9.53 Å². The van der Waals surface area contributed by atoms with Gasteiger partial charge in [-0.1, -0.05) is 11.8 Å². The van der Waals surface area contributed by atoms with Gasteiger partial charge in [-0.3, -0.25) is 4.79 Å². The summed E-state index contributed by atoms with van der Waals surface area (Å²) in [6.07, 6.45) is 3.68. The summed E-state index contributed by atoms with van der Waals surface area (Å²) >= 11 is 1.58. The van der Waals surface area contributed by atoms with E-state index in [1.165, 1.54) is 0 Å². The first kappa shape index (κ1) is 14.6.